The molecule has 2 aromatic carbocycles. The number of carboxylic acids is 1. The summed E-state index contributed by atoms with van der Waals surface area (Å²) in [5.74, 6) is -0.841. The molecule has 0 saturated heterocycles. The number of hydrogen-bond acceptors (Lipinski definition) is 2. The Morgan fingerprint density at radius 3 is 2.44 bits per heavy atom. The number of nitrogens with zero attached hydrogens (tertiary/aromatic N) is 2. The van der Waals surface area contributed by atoms with Crippen LogP contribution in [0.25, 0.3) is 27.8 Å². The lowest BCUT2D eigenvalue weighted by atomic mass is 10.0. The first kappa shape index (κ1) is 15.1. The molecular formula is C21H16N2O2. The maximum Gasteiger partial charge on any atom is 0.307 e. The van der Waals surface area contributed by atoms with Crippen LogP contribution in [-0.4, -0.2) is 20.6 Å². The average Bonchev–Trinajstić information content (AvgIpc) is 2.97. The zero-order chi connectivity index (χ0) is 17.2. The van der Waals surface area contributed by atoms with Gasteiger partial charge in [-0.1, -0.05) is 48.5 Å². The van der Waals surface area contributed by atoms with Crippen molar-refractivity contribution in [1.29, 1.82) is 0 Å². The van der Waals surface area contributed by atoms with Crippen LogP contribution >= 0.6 is 0 Å². The molecule has 0 unspecified atom stereocenters. The Balaban J connectivity index is 2.13. The summed E-state index contributed by atoms with van der Waals surface area (Å²) in [7, 11) is 0. The van der Waals surface area contributed by atoms with Crippen LogP contribution in [-0.2, 0) is 11.2 Å². The Kier molecular flexibility index (Phi) is 3.78. The van der Waals surface area contributed by atoms with Crippen molar-refractivity contribution in [2.24, 2.45) is 0 Å². The smallest absolute Gasteiger partial charge is 0.307 e. The van der Waals surface area contributed by atoms with Gasteiger partial charge in [0.1, 0.15) is 0 Å². The predicted octanol–water partition coefficient (Wildman–Crippen LogP) is 4.32. The number of hydrogen-bond donors (Lipinski definition) is 1. The summed E-state index contributed by atoms with van der Waals surface area (Å²) in [6.45, 7) is 0. The van der Waals surface area contributed by atoms with Gasteiger partial charge in [0.15, 0.2) is 0 Å². The molecule has 0 aliphatic carbocycles. The van der Waals surface area contributed by atoms with Crippen LogP contribution in [0.2, 0.25) is 0 Å². The maximum atomic E-state index is 11.5. The molecule has 0 aliphatic rings. The molecule has 1 N–H and O–H groups in total. The van der Waals surface area contributed by atoms with E-state index in [2.05, 4.69) is 9.55 Å². The lowest BCUT2D eigenvalue weighted by Crippen LogP contribution is -2.03. The second-order valence-electron chi connectivity index (χ2n) is 5.83. The van der Waals surface area contributed by atoms with Crippen LogP contribution < -0.4 is 0 Å². The molecule has 0 saturated carbocycles. The highest BCUT2D eigenvalue weighted by atomic mass is 16.4. The van der Waals surface area contributed by atoms with Gasteiger partial charge in [0.05, 0.1) is 29.5 Å². The molecule has 0 amide bonds. The molecule has 0 fully saturated rings. The summed E-state index contributed by atoms with van der Waals surface area (Å²) in [6.07, 6.45) is 3.50. The number of benzene rings is 2. The van der Waals surface area contributed by atoms with Crippen molar-refractivity contribution >= 4 is 16.9 Å². The minimum atomic E-state index is -0.841. The van der Waals surface area contributed by atoms with Crippen molar-refractivity contribution in [3.8, 4) is 16.9 Å². The Labute approximate surface area is 145 Å². The summed E-state index contributed by atoms with van der Waals surface area (Å²) in [5.41, 5.74) is 4.59. The van der Waals surface area contributed by atoms with E-state index in [1.807, 2.05) is 66.7 Å². The van der Waals surface area contributed by atoms with E-state index < -0.39 is 5.97 Å². The van der Waals surface area contributed by atoms with Gasteiger partial charge in [-0.15, -0.1) is 0 Å². The summed E-state index contributed by atoms with van der Waals surface area (Å²) >= 11 is 0. The van der Waals surface area contributed by atoms with E-state index in [-0.39, 0.29) is 6.42 Å². The molecule has 122 valence electrons. The molecule has 0 bridgehead atoms. The largest absolute Gasteiger partial charge is 0.481 e. The standard InChI is InChI=1S/C21H16N2O2/c24-20(25)13-18-17-10-4-5-11-19(17)23(16-9-6-12-22-14-16)21(18)15-7-2-1-3-8-15/h1-12,14H,13H2,(H,24,25). The van der Waals surface area contributed by atoms with Gasteiger partial charge in [-0.3, -0.25) is 9.78 Å². The second-order valence-corrected chi connectivity index (χ2v) is 5.83. The van der Waals surface area contributed by atoms with Crippen molar-refractivity contribution in [2.45, 2.75) is 6.42 Å². The number of para-hydroxylation sites is 1. The molecule has 0 spiro atoms. The summed E-state index contributed by atoms with van der Waals surface area (Å²) in [4.78, 5) is 15.8. The van der Waals surface area contributed by atoms with Gasteiger partial charge in [0.2, 0.25) is 0 Å². The lowest BCUT2D eigenvalue weighted by molar-refractivity contribution is -0.136. The third kappa shape index (κ3) is 2.68. The van der Waals surface area contributed by atoms with E-state index in [0.29, 0.717) is 0 Å². The van der Waals surface area contributed by atoms with E-state index in [4.69, 9.17) is 0 Å². The number of aliphatic carboxylic acids is 1. The molecule has 4 nitrogen and oxygen atoms in total. The van der Waals surface area contributed by atoms with Gasteiger partial charge in [-0.2, -0.15) is 0 Å². The van der Waals surface area contributed by atoms with Gasteiger partial charge in [0, 0.05) is 11.6 Å². The third-order valence-electron chi connectivity index (χ3n) is 4.26. The zero-order valence-electron chi connectivity index (χ0n) is 13.5. The molecule has 2 aromatic heterocycles. The van der Waals surface area contributed by atoms with E-state index in [9.17, 15) is 9.90 Å². The number of fused-ring (bicyclic) bond motifs is 1. The van der Waals surface area contributed by atoms with E-state index in [1.54, 1.807) is 12.4 Å². The average molecular weight is 328 g/mol. The topological polar surface area (TPSA) is 55.1 Å². The predicted molar refractivity (Wildman–Crippen MR) is 97.8 cm³/mol. The van der Waals surface area contributed by atoms with Gasteiger partial charge in [0.25, 0.3) is 0 Å². The Bertz CT molecular complexity index is 1040. The SMILES string of the molecule is O=C(O)Cc1c(-c2ccccc2)n(-c2cccnc2)c2ccccc12. The number of pyridine rings is 1. The third-order valence-corrected chi connectivity index (χ3v) is 4.26. The Morgan fingerprint density at radius 1 is 0.960 bits per heavy atom. The van der Waals surface area contributed by atoms with Gasteiger partial charge in [-0.25, -0.2) is 0 Å². The molecule has 2 heterocycles. The first-order chi connectivity index (χ1) is 12.3. The highest BCUT2D eigenvalue weighted by Crippen LogP contribution is 2.36. The quantitative estimate of drug-likeness (QED) is 0.607. The van der Waals surface area contributed by atoms with Crippen LogP contribution in [0.15, 0.2) is 79.1 Å². The fourth-order valence-electron chi connectivity index (χ4n) is 3.29. The van der Waals surface area contributed by atoms with Crippen molar-refractivity contribution in [3.05, 3.63) is 84.7 Å². The fourth-order valence-corrected chi connectivity index (χ4v) is 3.29. The Hall–Kier alpha value is -3.40. The van der Waals surface area contributed by atoms with Crippen molar-refractivity contribution in [1.82, 2.24) is 9.55 Å². The van der Waals surface area contributed by atoms with Gasteiger partial charge < -0.3 is 9.67 Å². The lowest BCUT2D eigenvalue weighted by Gasteiger charge is -2.12. The van der Waals surface area contributed by atoms with E-state index in [0.717, 1.165) is 33.4 Å². The normalized spacial score (nSPS) is 10.9. The zero-order valence-corrected chi connectivity index (χ0v) is 13.5. The molecule has 25 heavy (non-hydrogen) atoms. The summed E-state index contributed by atoms with van der Waals surface area (Å²) in [6, 6.07) is 21.7. The van der Waals surface area contributed by atoms with Crippen LogP contribution in [0.5, 0.6) is 0 Å². The Morgan fingerprint density at radius 2 is 1.72 bits per heavy atom. The molecule has 4 heteroatoms. The van der Waals surface area contributed by atoms with E-state index in [1.165, 1.54) is 0 Å². The fraction of sp³-hybridized carbons (Fsp3) is 0.0476. The number of aromatic nitrogens is 2. The van der Waals surface area contributed by atoms with Crippen LogP contribution in [0, 0.1) is 0 Å². The minimum absolute atomic E-state index is 0.0298. The van der Waals surface area contributed by atoms with E-state index >= 15 is 0 Å². The van der Waals surface area contributed by atoms with Crippen LogP contribution in [0.3, 0.4) is 0 Å². The minimum Gasteiger partial charge on any atom is -0.481 e. The van der Waals surface area contributed by atoms with Crippen LogP contribution in [0.4, 0.5) is 0 Å². The highest BCUT2D eigenvalue weighted by Gasteiger charge is 2.21. The number of carboxylic acid groups (broad SMARTS) is 1. The summed E-state index contributed by atoms with van der Waals surface area (Å²) < 4.78 is 2.09. The second kappa shape index (κ2) is 6.24. The molecule has 4 rings (SSSR count). The van der Waals surface area contributed by atoms with Crippen molar-refractivity contribution < 1.29 is 9.90 Å². The molecule has 0 atom stereocenters. The molecular weight excluding hydrogens is 312 g/mol. The summed E-state index contributed by atoms with van der Waals surface area (Å²) in [5, 5.41) is 10.4. The number of rotatable bonds is 4. The van der Waals surface area contributed by atoms with Gasteiger partial charge in [-0.05, 0) is 29.3 Å². The van der Waals surface area contributed by atoms with Crippen LogP contribution in [0.1, 0.15) is 5.56 Å². The molecule has 4 aromatic rings. The molecule has 0 aliphatic heterocycles. The molecule has 0 radical (unpaired) electrons. The van der Waals surface area contributed by atoms with Crippen molar-refractivity contribution in [2.75, 3.05) is 0 Å². The van der Waals surface area contributed by atoms with Crippen molar-refractivity contribution in [3.63, 3.8) is 0 Å². The first-order valence-corrected chi connectivity index (χ1v) is 8.05. The monoisotopic (exact) mass is 328 g/mol. The number of carbonyl (C=O) groups is 1. The van der Waals surface area contributed by atoms with Gasteiger partial charge >= 0.3 is 5.97 Å². The maximum absolute atomic E-state index is 11.5. The highest BCUT2D eigenvalue weighted by molar-refractivity contribution is 5.96. The first-order valence-electron chi connectivity index (χ1n) is 8.05.